The molecule has 0 saturated carbocycles. The zero-order chi connectivity index (χ0) is 20.6. The number of hydrogen-bond acceptors (Lipinski definition) is 4. The van der Waals surface area contributed by atoms with Crippen molar-refractivity contribution in [3.8, 4) is 22.5 Å². The number of nitrogens with zero attached hydrogens (tertiary/aromatic N) is 1. The lowest BCUT2D eigenvalue weighted by molar-refractivity contribution is 0.427. The molecule has 0 fully saturated rings. The maximum absolute atomic E-state index is 14.8. The van der Waals surface area contributed by atoms with Crippen molar-refractivity contribution in [3.63, 3.8) is 0 Å². The van der Waals surface area contributed by atoms with Gasteiger partial charge >= 0.3 is 0 Å². The molecule has 0 spiro atoms. The van der Waals surface area contributed by atoms with E-state index in [4.69, 9.17) is 9.66 Å². The van der Waals surface area contributed by atoms with Gasteiger partial charge in [0.05, 0.1) is 10.6 Å². The predicted octanol–water partition coefficient (Wildman–Crippen LogP) is 4.61. The minimum Gasteiger partial charge on any atom is -0.356 e. The third-order valence-electron chi connectivity index (χ3n) is 4.68. The lowest BCUT2D eigenvalue weighted by atomic mass is 9.97. The van der Waals surface area contributed by atoms with E-state index in [0.717, 1.165) is 17.5 Å². The largest absolute Gasteiger partial charge is 0.356 e. The van der Waals surface area contributed by atoms with Gasteiger partial charge in [0, 0.05) is 22.3 Å². The second-order valence-electron chi connectivity index (χ2n) is 7.39. The van der Waals surface area contributed by atoms with E-state index < -0.39 is 15.8 Å². The van der Waals surface area contributed by atoms with E-state index in [-0.39, 0.29) is 16.0 Å². The fraction of sp³-hybridized carbons (Fsp3) is 0.286. The Balaban J connectivity index is 2.15. The number of nitrogens with two attached hydrogens (primary N) is 1. The Kier molecular flexibility index (Phi) is 5.41. The first kappa shape index (κ1) is 20.2. The van der Waals surface area contributed by atoms with Gasteiger partial charge < -0.3 is 4.52 Å². The Morgan fingerprint density at radius 3 is 2.32 bits per heavy atom. The lowest BCUT2D eigenvalue weighted by Gasteiger charge is -2.12. The van der Waals surface area contributed by atoms with Crippen LogP contribution in [0.15, 0.2) is 45.8 Å². The zero-order valence-electron chi connectivity index (χ0n) is 16.3. The van der Waals surface area contributed by atoms with Crippen molar-refractivity contribution in [2.75, 3.05) is 0 Å². The summed E-state index contributed by atoms with van der Waals surface area (Å²) in [5, 5.41) is 9.33. The van der Waals surface area contributed by atoms with E-state index in [1.807, 2.05) is 13.0 Å². The fourth-order valence-corrected chi connectivity index (χ4v) is 3.96. The molecule has 148 valence electrons. The third kappa shape index (κ3) is 4.00. The summed E-state index contributed by atoms with van der Waals surface area (Å²) in [6.07, 6.45) is 0.738. The number of hydrogen-bond donors (Lipinski definition) is 1. The smallest absolute Gasteiger partial charge is 0.238 e. The van der Waals surface area contributed by atoms with Crippen LogP contribution in [-0.4, -0.2) is 13.6 Å². The lowest BCUT2D eigenvalue weighted by Crippen LogP contribution is -2.14. The van der Waals surface area contributed by atoms with Gasteiger partial charge in [0.1, 0.15) is 5.82 Å². The van der Waals surface area contributed by atoms with Crippen molar-refractivity contribution < 1.29 is 17.3 Å². The normalized spacial score (nSPS) is 12.0. The Morgan fingerprint density at radius 1 is 1.11 bits per heavy atom. The second-order valence-corrected chi connectivity index (χ2v) is 8.92. The van der Waals surface area contributed by atoms with E-state index in [1.54, 1.807) is 25.1 Å². The number of halogens is 1. The third-order valence-corrected chi connectivity index (χ3v) is 5.63. The molecule has 2 aromatic carbocycles. The molecule has 0 aliphatic heterocycles. The van der Waals surface area contributed by atoms with Gasteiger partial charge in [-0.15, -0.1) is 0 Å². The van der Waals surface area contributed by atoms with Gasteiger partial charge in [-0.1, -0.05) is 43.3 Å². The van der Waals surface area contributed by atoms with Gasteiger partial charge in [-0.05, 0) is 43.9 Å². The minimum absolute atomic E-state index is 0.158. The molecule has 0 bridgehead atoms. The number of aryl methyl sites for hydroxylation is 1. The molecule has 0 aliphatic rings. The summed E-state index contributed by atoms with van der Waals surface area (Å²) in [7, 11) is -4.09. The number of rotatable bonds is 5. The Hall–Kier alpha value is -2.51. The summed E-state index contributed by atoms with van der Waals surface area (Å²) in [5.41, 5.74) is 3.29. The van der Waals surface area contributed by atoms with Gasteiger partial charge in [0.15, 0.2) is 5.76 Å². The maximum Gasteiger partial charge on any atom is 0.238 e. The number of primary sulfonamides is 1. The standard InChI is InChI=1S/C21H23FN2O3S/c1-12(2)9-15-5-7-17(19(22)10-15)18-8-6-16(11-20(18)28(23,25)26)21-13(3)14(4)24-27-21/h5-8,10-12H,9H2,1-4H3,(H2,23,25,26). The van der Waals surface area contributed by atoms with Crippen LogP contribution < -0.4 is 5.14 Å². The monoisotopic (exact) mass is 402 g/mol. The maximum atomic E-state index is 14.8. The molecule has 2 N–H and O–H groups in total. The molecule has 0 aliphatic carbocycles. The van der Waals surface area contributed by atoms with E-state index in [1.165, 1.54) is 12.1 Å². The van der Waals surface area contributed by atoms with Crippen LogP contribution in [0.3, 0.4) is 0 Å². The van der Waals surface area contributed by atoms with Crippen molar-refractivity contribution in [3.05, 3.63) is 59.0 Å². The summed E-state index contributed by atoms with van der Waals surface area (Å²) in [6.45, 7) is 7.73. The molecule has 0 saturated heterocycles. The highest BCUT2D eigenvalue weighted by molar-refractivity contribution is 7.89. The molecule has 28 heavy (non-hydrogen) atoms. The van der Waals surface area contributed by atoms with E-state index in [0.29, 0.717) is 22.9 Å². The predicted molar refractivity (Wildman–Crippen MR) is 107 cm³/mol. The van der Waals surface area contributed by atoms with Crippen molar-refractivity contribution in [2.24, 2.45) is 11.1 Å². The molecule has 0 atom stereocenters. The van der Waals surface area contributed by atoms with E-state index in [2.05, 4.69) is 19.0 Å². The van der Waals surface area contributed by atoms with Crippen LogP contribution in [0.5, 0.6) is 0 Å². The van der Waals surface area contributed by atoms with Crippen molar-refractivity contribution in [2.45, 2.75) is 39.0 Å². The van der Waals surface area contributed by atoms with Crippen molar-refractivity contribution in [1.82, 2.24) is 5.16 Å². The van der Waals surface area contributed by atoms with Crippen LogP contribution in [0.1, 0.15) is 30.7 Å². The summed E-state index contributed by atoms with van der Waals surface area (Å²) in [4.78, 5) is -0.158. The van der Waals surface area contributed by atoms with Crippen LogP contribution in [0.4, 0.5) is 4.39 Å². The number of aromatic nitrogens is 1. The first-order chi connectivity index (χ1) is 13.1. The SMILES string of the molecule is Cc1noc(-c2ccc(-c3ccc(CC(C)C)cc3F)c(S(N)(=O)=O)c2)c1C. The molecule has 5 nitrogen and oxygen atoms in total. The fourth-order valence-electron chi connectivity index (χ4n) is 3.18. The van der Waals surface area contributed by atoms with E-state index in [9.17, 15) is 12.8 Å². The van der Waals surface area contributed by atoms with Crippen LogP contribution in [-0.2, 0) is 16.4 Å². The summed E-state index contributed by atoms with van der Waals surface area (Å²) in [6, 6.07) is 9.48. The number of sulfonamides is 1. The average Bonchev–Trinajstić information content (AvgIpc) is 2.93. The highest BCUT2D eigenvalue weighted by Crippen LogP contribution is 2.34. The molecule has 1 aromatic heterocycles. The Labute approximate surface area is 164 Å². The van der Waals surface area contributed by atoms with Crippen LogP contribution >= 0.6 is 0 Å². The van der Waals surface area contributed by atoms with Gasteiger partial charge in [0.2, 0.25) is 10.0 Å². The number of benzene rings is 2. The summed E-state index contributed by atoms with van der Waals surface area (Å²) >= 11 is 0. The molecular formula is C21H23FN2O3S. The summed E-state index contributed by atoms with van der Waals surface area (Å²) < 4.78 is 44.6. The molecule has 1 heterocycles. The molecule has 0 unspecified atom stereocenters. The van der Waals surface area contributed by atoms with Crippen molar-refractivity contribution >= 4 is 10.0 Å². The van der Waals surface area contributed by atoms with Gasteiger partial charge in [-0.25, -0.2) is 17.9 Å². The first-order valence-corrected chi connectivity index (χ1v) is 10.5. The molecule has 7 heteroatoms. The first-order valence-electron chi connectivity index (χ1n) is 8.97. The summed E-state index contributed by atoms with van der Waals surface area (Å²) in [5.74, 6) is 0.363. The van der Waals surface area contributed by atoms with Crippen LogP contribution in [0.25, 0.3) is 22.5 Å². The molecule has 3 aromatic rings. The average molecular weight is 402 g/mol. The molecular weight excluding hydrogens is 379 g/mol. The zero-order valence-corrected chi connectivity index (χ0v) is 17.1. The topological polar surface area (TPSA) is 86.2 Å². The molecule has 0 radical (unpaired) electrons. The van der Waals surface area contributed by atoms with E-state index >= 15 is 0 Å². The molecule has 3 rings (SSSR count). The quantitative estimate of drug-likeness (QED) is 0.675. The van der Waals surface area contributed by atoms with Crippen LogP contribution in [0.2, 0.25) is 0 Å². The molecule has 0 amide bonds. The minimum atomic E-state index is -4.09. The highest BCUT2D eigenvalue weighted by atomic mass is 32.2. The van der Waals surface area contributed by atoms with Gasteiger partial charge in [-0.2, -0.15) is 0 Å². The van der Waals surface area contributed by atoms with Gasteiger partial charge in [0.25, 0.3) is 0 Å². The van der Waals surface area contributed by atoms with Crippen LogP contribution in [0, 0.1) is 25.6 Å². The second kappa shape index (κ2) is 7.48. The Bertz CT molecular complexity index is 1130. The van der Waals surface area contributed by atoms with Crippen molar-refractivity contribution in [1.29, 1.82) is 0 Å². The Morgan fingerprint density at radius 2 is 1.79 bits per heavy atom. The highest BCUT2D eigenvalue weighted by Gasteiger charge is 2.21. The van der Waals surface area contributed by atoms with Gasteiger partial charge in [-0.3, -0.25) is 0 Å².